The van der Waals surface area contributed by atoms with E-state index in [4.69, 9.17) is 5.11 Å². The minimum absolute atomic E-state index is 0.0515. The van der Waals surface area contributed by atoms with Crippen LogP contribution in [0.3, 0.4) is 0 Å². The summed E-state index contributed by atoms with van der Waals surface area (Å²) in [6.07, 6.45) is 1.17. The number of benzene rings is 1. The highest BCUT2D eigenvalue weighted by molar-refractivity contribution is 7.90. The van der Waals surface area contributed by atoms with Gasteiger partial charge in [0.1, 0.15) is 17.3 Å². The Bertz CT molecular complexity index is 773. The van der Waals surface area contributed by atoms with Gasteiger partial charge in [0.2, 0.25) is 10.0 Å². The molecule has 0 radical (unpaired) electrons. The Kier molecular flexibility index (Phi) is 5.65. The van der Waals surface area contributed by atoms with Gasteiger partial charge in [-0.1, -0.05) is 6.92 Å². The van der Waals surface area contributed by atoms with Crippen LogP contribution in [0, 0.1) is 5.82 Å². The normalized spacial score (nSPS) is 12.5. The maximum absolute atomic E-state index is 13.8. The van der Waals surface area contributed by atoms with E-state index >= 15 is 0 Å². The van der Waals surface area contributed by atoms with Crippen LogP contribution < -0.4 is 0 Å². The number of rotatable bonds is 7. The van der Waals surface area contributed by atoms with Crippen LogP contribution in [-0.2, 0) is 24.7 Å². The summed E-state index contributed by atoms with van der Waals surface area (Å²) in [5.74, 6) is -2.54. The second-order valence-corrected chi connectivity index (χ2v) is 8.52. The third-order valence-electron chi connectivity index (χ3n) is 2.73. The first-order valence-corrected chi connectivity index (χ1v) is 9.55. The molecule has 0 saturated heterocycles. The molecule has 22 heavy (non-hydrogen) atoms. The number of sulfone groups is 1. The zero-order valence-electron chi connectivity index (χ0n) is 12.0. The second-order valence-electron chi connectivity index (χ2n) is 4.60. The van der Waals surface area contributed by atoms with Crippen molar-refractivity contribution in [3.05, 3.63) is 24.0 Å². The van der Waals surface area contributed by atoms with E-state index in [1.165, 1.54) is 0 Å². The van der Waals surface area contributed by atoms with E-state index in [1.54, 1.807) is 6.92 Å². The number of hydrogen-bond acceptors (Lipinski definition) is 5. The molecular formula is C12H16FNO6S2. The van der Waals surface area contributed by atoms with Gasteiger partial charge in [0, 0.05) is 12.8 Å². The van der Waals surface area contributed by atoms with Gasteiger partial charge in [-0.25, -0.2) is 21.2 Å². The van der Waals surface area contributed by atoms with Gasteiger partial charge in [-0.2, -0.15) is 4.31 Å². The molecule has 1 rings (SSSR count). The summed E-state index contributed by atoms with van der Waals surface area (Å²) in [4.78, 5) is 9.64. The Morgan fingerprint density at radius 3 is 2.27 bits per heavy atom. The fraction of sp³-hybridized carbons (Fsp3) is 0.417. The Morgan fingerprint density at radius 2 is 1.86 bits per heavy atom. The average Bonchev–Trinajstić information content (AvgIpc) is 2.36. The van der Waals surface area contributed by atoms with Crippen molar-refractivity contribution in [2.45, 2.75) is 23.1 Å². The zero-order valence-corrected chi connectivity index (χ0v) is 13.6. The van der Waals surface area contributed by atoms with Gasteiger partial charge >= 0.3 is 5.97 Å². The molecule has 0 spiro atoms. The molecule has 0 unspecified atom stereocenters. The monoisotopic (exact) mass is 353 g/mol. The van der Waals surface area contributed by atoms with Crippen molar-refractivity contribution >= 4 is 25.8 Å². The van der Waals surface area contributed by atoms with E-state index in [1.807, 2.05) is 0 Å². The highest BCUT2D eigenvalue weighted by atomic mass is 32.2. The molecule has 0 saturated carbocycles. The summed E-state index contributed by atoms with van der Waals surface area (Å²) in [5, 5.41) is 8.77. The number of carboxylic acids is 1. The molecule has 124 valence electrons. The predicted octanol–water partition coefficient (Wildman–Crippen LogP) is 0.714. The second kappa shape index (κ2) is 6.71. The molecule has 10 heteroatoms. The fourth-order valence-corrected chi connectivity index (χ4v) is 4.00. The van der Waals surface area contributed by atoms with Gasteiger partial charge < -0.3 is 5.11 Å². The molecule has 0 atom stereocenters. The molecule has 0 aliphatic carbocycles. The largest absolute Gasteiger partial charge is 0.480 e. The number of aliphatic carboxylic acids is 1. The minimum atomic E-state index is -4.23. The minimum Gasteiger partial charge on any atom is -0.480 e. The number of nitrogens with zero attached hydrogens (tertiary/aromatic N) is 1. The SMILES string of the molecule is CCCN(CC(=O)O)S(=O)(=O)c1ccc(S(C)(=O)=O)c(F)c1. The Morgan fingerprint density at radius 1 is 1.27 bits per heavy atom. The van der Waals surface area contributed by atoms with Crippen LogP contribution in [0.25, 0.3) is 0 Å². The van der Waals surface area contributed by atoms with Gasteiger partial charge in [-0.15, -0.1) is 0 Å². The molecular weight excluding hydrogens is 337 g/mol. The maximum atomic E-state index is 13.8. The topological polar surface area (TPSA) is 109 Å². The van der Waals surface area contributed by atoms with Crippen LogP contribution in [0.5, 0.6) is 0 Å². The van der Waals surface area contributed by atoms with E-state index in [9.17, 15) is 26.0 Å². The van der Waals surface area contributed by atoms with E-state index in [-0.39, 0.29) is 6.54 Å². The van der Waals surface area contributed by atoms with Crippen molar-refractivity contribution in [3.63, 3.8) is 0 Å². The van der Waals surface area contributed by atoms with E-state index in [2.05, 4.69) is 0 Å². The highest BCUT2D eigenvalue weighted by Gasteiger charge is 2.27. The van der Waals surface area contributed by atoms with Gasteiger partial charge in [0.15, 0.2) is 9.84 Å². The van der Waals surface area contributed by atoms with Gasteiger partial charge in [0.25, 0.3) is 0 Å². The van der Waals surface area contributed by atoms with E-state index < -0.39 is 48.0 Å². The summed E-state index contributed by atoms with van der Waals surface area (Å²) >= 11 is 0. The Balaban J connectivity index is 3.33. The van der Waals surface area contributed by atoms with Crippen molar-refractivity contribution in [2.24, 2.45) is 0 Å². The first-order chi connectivity index (χ1) is 10.00. The first kappa shape index (κ1) is 18.5. The van der Waals surface area contributed by atoms with E-state index in [0.717, 1.165) is 18.4 Å². The van der Waals surface area contributed by atoms with Crippen LogP contribution >= 0.6 is 0 Å². The molecule has 0 heterocycles. The van der Waals surface area contributed by atoms with Crippen LogP contribution in [0.1, 0.15) is 13.3 Å². The van der Waals surface area contributed by atoms with Crippen LogP contribution in [0.15, 0.2) is 28.0 Å². The molecule has 0 bridgehead atoms. The van der Waals surface area contributed by atoms with Crippen LogP contribution in [0.4, 0.5) is 4.39 Å². The van der Waals surface area contributed by atoms with Crippen molar-refractivity contribution in [1.29, 1.82) is 0 Å². The zero-order chi connectivity index (χ0) is 17.1. The first-order valence-electron chi connectivity index (χ1n) is 6.21. The molecule has 1 aromatic carbocycles. The predicted molar refractivity (Wildman–Crippen MR) is 76.2 cm³/mol. The number of halogens is 1. The Labute approximate surface area is 128 Å². The summed E-state index contributed by atoms with van der Waals surface area (Å²) in [6.45, 7) is 0.855. The van der Waals surface area contributed by atoms with Crippen molar-refractivity contribution in [2.75, 3.05) is 19.3 Å². The number of hydrogen-bond donors (Lipinski definition) is 1. The fourth-order valence-electron chi connectivity index (χ4n) is 1.78. The Hall–Kier alpha value is -1.52. The van der Waals surface area contributed by atoms with Crippen LogP contribution in [0.2, 0.25) is 0 Å². The summed E-state index contributed by atoms with van der Waals surface area (Å²) < 4.78 is 61.8. The lowest BCUT2D eigenvalue weighted by Gasteiger charge is -2.19. The number of carbonyl (C=O) groups is 1. The lowest BCUT2D eigenvalue weighted by Crippen LogP contribution is -2.36. The summed E-state index contributed by atoms with van der Waals surface area (Å²) in [5.41, 5.74) is 0. The third kappa shape index (κ3) is 4.24. The van der Waals surface area contributed by atoms with Crippen molar-refractivity contribution < 1.29 is 31.1 Å². The standard InChI is InChI=1S/C12H16FNO6S2/c1-3-6-14(8-12(15)16)22(19,20)9-4-5-11(10(13)7-9)21(2,17)18/h4-5,7H,3,6,8H2,1-2H3,(H,15,16). The van der Waals surface area contributed by atoms with Crippen molar-refractivity contribution in [1.82, 2.24) is 4.31 Å². The quantitative estimate of drug-likeness (QED) is 0.773. The maximum Gasteiger partial charge on any atom is 0.318 e. The lowest BCUT2D eigenvalue weighted by atomic mass is 10.3. The molecule has 1 aromatic rings. The highest BCUT2D eigenvalue weighted by Crippen LogP contribution is 2.22. The molecule has 0 fully saturated rings. The van der Waals surface area contributed by atoms with Gasteiger partial charge in [-0.05, 0) is 24.6 Å². The van der Waals surface area contributed by atoms with Crippen molar-refractivity contribution in [3.8, 4) is 0 Å². The molecule has 0 aliphatic heterocycles. The molecule has 0 aromatic heterocycles. The summed E-state index contributed by atoms with van der Waals surface area (Å²) in [6, 6.07) is 2.37. The molecule has 1 N–H and O–H groups in total. The molecule has 0 amide bonds. The number of carboxylic acid groups (broad SMARTS) is 1. The molecule has 7 nitrogen and oxygen atoms in total. The third-order valence-corrected chi connectivity index (χ3v) is 5.70. The number of sulfonamides is 1. The van der Waals surface area contributed by atoms with E-state index in [0.29, 0.717) is 16.8 Å². The molecule has 0 aliphatic rings. The van der Waals surface area contributed by atoms with Gasteiger partial charge in [0.05, 0.1) is 4.90 Å². The smallest absolute Gasteiger partial charge is 0.318 e. The average molecular weight is 353 g/mol. The van der Waals surface area contributed by atoms with Gasteiger partial charge in [-0.3, -0.25) is 4.79 Å². The lowest BCUT2D eigenvalue weighted by molar-refractivity contribution is -0.137. The van der Waals surface area contributed by atoms with Crippen LogP contribution in [-0.4, -0.2) is 51.6 Å². The summed E-state index contributed by atoms with van der Waals surface area (Å²) in [7, 11) is -8.05.